The number of nitrogens with one attached hydrogen (secondary N) is 1. The number of amides is 1. The van der Waals surface area contributed by atoms with E-state index in [1.807, 2.05) is 0 Å². The summed E-state index contributed by atoms with van der Waals surface area (Å²) in [7, 11) is 0. The first-order chi connectivity index (χ1) is 8.12. The third-order valence-corrected chi connectivity index (χ3v) is 2.11. The van der Waals surface area contributed by atoms with Crippen molar-refractivity contribution < 1.29 is 32.3 Å². The topological polar surface area (TPSA) is 66.4 Å². The molecule has 0 saturated carbocycles. The SMILES string of the molecule is O=C(O)c1cc(F)c(NC(=O)C(F)(F)F)cc1Cl. The molecule has 0 radical (unpaired) electrons. The van der Waals surface area contributed by atoms with E-state index in [-0.39, 0.29) is 0 Å². The molecule has 1 aromatic carbocycles. The molecule has 0 aliphatic carbocycles. The molecule has 0 aliphatic rings. The largest absolute Gasteiger partial charge is 0.478 e. The second-order valence-corrected chi connectivity index (χ2v) is 3.48. The summed E-state index contributed by atoms with van der Waals surface area (Å²) < 4.78 is 49.0. The zero-order chi connectivity index (χ0) is 14.1. The molecule has 1 aromatic rings. The van der Waals surface area contributed by atoms with E-state index in [2.05, 4.69) is 0 Å². The van der Waals surface area contributed by atoms with Gasteiger partial charge in [-0.15, -0.1) is 0 Å². The summed E-state index contributed by atoms with van der Waals surface area (Å²) in [4.78, 5) is 21.1. The predicted octanol–water partition coefficient (Wildman–Crippen LogP) is 2.68. The second-order valence-electron chi connectivity index (χ2n) is 3.07. The zero-order valence-electron chi connectivity index (χ0n) is 8.31. The van der Waals surface area contributed by atoms with E-state index in [4.69, 9.17) is 16.7 Å². The average molecular weight is 286 g/mol. The first-order valence-electron chi connectivity index (χ1n) is 4.23. The van der Waals surface area contributed by atoms with Crippen molar-refractivity contribution in [1.82, 2.24) is 0 Å². The van der Waals surface area contributed by atoms with Crippen molar-refractivity contribution in [2.75, 3.05) is 5.32 Å². The van der Waals surface area contributed by atoms with Gasteiger partial charge in [0.1, 0.15) is 5.82 Å². The molecule has 0 aromatic heterocycles. The van der Waals surface area contributed by atoms with Gasteiger partial charge in [0.05, 0.1) is 16.3 Å². The standard InChI is InChI=1S/C9H4ClF4NO3/c10-4-2-6(15-8(18)9(12,13)14)5(11)1-3(4)7(16)17/h1-2H,(H,15,18)(H,16,17). The van der Waals surface area contributed by atoms with Crippen molar-refractivity contribution in [3.63, 3.8) is 0 Å². The van der Waals surface area contributed by atoms with Gasteiger partial charge in [-0.1, -0.05) is 11.6 Å². The quantitative estimate of drug-likeness (QED) is 0.821. The van der Waals surface area contributed by atoms with Gasteiger partial charge in [-0.05, 0) is 12.1 Å². The van der Waals surface area contributed by atoms with Crippen LogP contribution in [0.15, 0.2) is 12.1 Å². The fraction of sp³-hybridized carbons (Fsp3) is 0.111. The van der Waals surface area contributed by atoms with Gasteiger partial charge in [-0.3, -0.25) is 4.79 Å². The molecule has 0 bridgehead atoms. The normalized spacial score (nSPS) is 11.2. The Morgan fingerprint density at radius 1 is 1.28 bits per heavy atom. The lowest BCUT2D eigenvalue weighted by Crippen LogP contribution is -2.30. The summed E-state index contributed by atoms with van der Waals surface area (Å²) >= 11 is 5.41. The highest BCUT2D eigenvalue weighted by atomic mass is 35.5. The summed E-state index contributed by atoms with van der Waals surface area (Å²) in [5, 5.41) is 9.32. The first-order valence-corrected chi connectivity index (χ1v) is 4.61. The van der Waals surface area contributed by atoms with E-state index in [1.165, 1.54) is 5.32 Å². The minimum Gasteiger partial charge on any atom is -0.478 e. The predicted molar refractivity (Wildman–Crippen MR) is 53.1 cm³/mol. The van der Waals surface area contributed by atoms with Crippen LogP contribution < -0.4 is 5.32 Å². The summed E-state index contributed by atoms with van der Waals surface area (Å²) in [5.41, 5.74) is -1.48. The van der Waals surface area contributed by atoms with E-state index in [9.17, 15) is 27.2 Å². The Bertz CT molecular complexity index is 515. The fourth-order valence-corrected chi connectivity index (χ4v) is 1.24. The molecule has 4 nitrogen and oxygen atoms in total. The number of carbonyl (C=O) groups excluding carboxylic acids is 1. The van der Waals surface area contributed by atoms with Gasteiger partial charge in [-0.25, -0.2) is 9.18 Å². The maximum Gasteiger partial charge on any atom is 0.471 e. The van der Waals surface area contributed by atoms with Crippen molar-refractivity contribution >= 4 is 29.2 Å². The van der Waals surface area contributed by atoms with Gasteiger partial charge >= 0.3 is 18.1 Å². The first kappa shape index (κ1) is 14.2. The highest BCUT2D eigenvalue weighted by Gasteiger charge is 2.39. The van der Waals surface area contributed by atoms with E-state index in [1.54, 1.807) is 0 Å². The molecular formula is C9H4ClF4NO3. The van der Waals surface area contributed by atoms with Gasteiger partial charge in [0, 0.05) is 0 Å². The number of rotatable bonds is 2. The van der Waals surface area contributed by atoms with Crippen LogP contribution in [0.25, 0.3) is 0 Å². The Labute approximate surface area is 102 Å². The third kappa shape index (κ3) is 3.10. The summed E-state index contributed by atoms with van der Waals surface area (Å²) in [6, 6.07) is 1.00. The fourth-order valence-electron chi connectivity index (χ4n) is 1.000. The number of hydrogen-bond donors (Lipinski definition) is 2. The van der Waals surface area contributed by atoms with Crippen molar-refractivity contribution in [2.24, 2.45) is 0 Å². The Morgan fingerprint density at radius 2 is 1.83 bits per heavy atom. The van der Waals surface area contributed by atoms with Crippen LogP contribution in [-0.4, -0.2) is 23.2 Å². The summed E-state index contributed by atoms with van der Waals surface area (Å²) in [6.45, 7) is 0. The van der Waals surface area contributed by atoms with Crippen LogP contribution in [0, 0.1) is 5.82 Å². The second kappa shape index (κ2) is 4.81. The minimum absolute atomic E-state index is 0.413. The van der Waals surface area contributed by atoms with Crippen LogP contribution in [-0.2, 0) is 4.79 Å². The Kier molecular flexibility index (Phi) is 3.80. The number of aromatic carboxylic acids is 1. The van der Waals surface area contributed by atoms with Crippen LogP contribution in [0.5, 0.6) is 0 Å². The number of carbonyl (C=O) groups is 2. The Morgan fingerprint density at radius 3 is 2.28 bits per heavy atom. The maximum absolute atomic E-state index is 13.2. The van der Waals surface area contributed by atoms with E-state index in [0.717, 1.165) is 0 Å². The highest BCUT2D eigenvalue weighted by Crippen LogP contribution is 2.26. The van der Waals surface area contributed by atoms with Crippen molar-refractivity contribution in [1.29, 1.82) is 0 Å². The third-order valence-electron chi connectivity index (χ3n) is 1.79. The van der Waals surface area contributed by atoms with Crippen LogP contribution in [0.4, 0.5) is 23.2 Å². The Balaban J connectivity index is 3.10. The van der Waals surface area contributed by atoms with Gasteiger partial charge in [0.15, 0.2) is 0 Å². The lowest BCUT2D eigenvalue weighted by molar-refractivity contribution is -0.167. The van der Waals surface area contributed by atoms with Gasteiger partial charge < -0.3 is 10.4 Å². The maximum atomic E-state index is 13.2. The average Bonchev–Trinajstić information content (AvgIpc) is 2.21. The molecule has 1 amide bonds. The number of anilines is 1. The molecule has 0 aliphatic heterocycles. The van der Waals surface area contributed by atoms with Gasteiger partial charge in [0.2, 0.25) is 0 Å². The van der Waals surface area contributed by atoms with Crippen molar-refractivity contribution in [3.8, 4) is 0 Å². The molecular weight excluding hydrogens is 282 g/mol. The number of alkyl halides is 3. The summed E-state index contributed by atoms with van der Waals surface area (Å²) in [5.74, 6) is -5.28. The molecule has 0 heterocycles. The monoisotopic (exact) mass is 285 g/mol. The lowest BCUT2D eigenvalue weighted by Gasteiger charge is -2.10. The molecule has 98 valence electrons. The molecule has 0 atom stereocenters. The number of hydrogen-bond acceptors (Lipinski definition) is 2. The molecule has 1 rings (SSSR count). The highest BCUT2D eigenvalue weighted by molar-refractivity contribution is 6.33. The smallest absolute Gasteiger partial charge is 0.471 e. The van der Waals surface area contributed by atoms with Crippen molar-refractivity contribution in [3.05, 3.63) is 28.5 Å². The molecule has 0 unspecified atom stereocenters. The van der Waals surface area contributed by atoms with Crippen LogP contribution in [0.2, 0.25) is 5.02 Å². The molecule has 18 heavy (non-hydrogen) atoms. The molecule has 2 N–H and O–H groups in total. The number of carboxylic acids is 1. The van der Waals surface area contributed by atoms with E-state index in [0.29, 0.717) is 12.1 Å². The molecule has 0 fully saturated rings. The van der Waals surface area contributed by atoms with Gasteiger partial charge in [0.25, 0.3) is 0 Å². The number of benzene rings is 1. The number of halogens is 5. The van der Waals surface area contributed by atoms with Crippen molar-refractivity contribution in [2.45, 2.75) is 6.18 Å². The molecule has 0 spiro atoms. The zero-order valence-corrected chi connectivity index (χ0v) is 9.06. The molecule has 0 saturated heterocycles. The molecule has 9 heteroatoms. The minimum atomic E-state index is -5.19. The van der Waals surface area contributed by atoms with E-state index < -0.39 is 40.1 Å². The number of carboxylic acid groups (broad SMARTS) is 1. The lowest BCUT2D eigenvalue weighted by atomic mass is 10.2. The van der Waals surface area contributed by atoms with Crippen LogP contribution in [0.3, 0.4) is 0 Å². The van der Waals surface area contributed by atoms with Crippen LogP contribution >= 0.6 is 11.6 Å². The van der Waals surface area contributed by atoms with Gasteiger partial charge in [-0.2, -0.15) is 13.2 Å². The summed E-state index contributed by atoms with van der Waals surface area (Å²) in [6.07, 6.45) is -5.19. The van der Waals surface area contributed by atoms with E-state index >= 15 is 0 Å². The Hall–Kier alpha value is -1.83. The van der Waals surface area contributed by atoms with Crippen LogP contribution in [0.1, 0.15) is 10.4 Å².